The highest BCUT2D eigenvalue weighted by Crippen LogP contribution is 2.44. The molecule has 1 saturated heterocycles. The molecule has 1 fully saturated rings. The van der Waals surface area contributed by atoms with Crippen molar-refractivity contribution < 1.29 is 33.7 Å². The number of methoxy groups -OCH3 is 1. The second-order valence-corrected chi connectivity index (χ2v) is 8.93. The van der Waals surface area contributed by atoms with Gasteiger partial charge >= 0.3 is 12.1 Å². The normalized spacial score (nSPS) is 17.1. The molecule has 35 heavy (non-hydrogen) atoms. The lowest BCUT2D eigenvalue weighted by Crippen LogP contribution is -2.59. The summed E-state index contributed by atoms with van der Waals surface area (Å²) in [5.74, 6) is -1.65. The van der Waals surface area contributed by atoms with E-state index in [0.29, 0.717) is 26.1 Å². The molecule has 0 saturated carbocycles. The first-order chi connectivity index (χ1) is 16.9. The highest BCUT2D eigenvalue weighted by atomic mass is 16.5. The number of rotatable bonds is 9. The lowest BCUT2D eigenvalue weighted by molar-refractivity contribution is -0.140. The molecule has 1 heterocycles. The van der Waals surface area contributed by atoms with E-state index in [2.05, 4.69) is 22.8 Å². The van der Waals surface area contributed by atoms with Crippen LogP contribution in [0.3, 0.4) is 0 Å². The summed E-state index contributed by atoms with van der Waals surface area (Å²) in [6.07, 6.45) is -0.235. The van der Waals surface area contributed by atoms with Crippen LogP contribution in [0, 0.1) is 0 Å². The molecule has 0 aromatic heterocycles. The first-order valence-electron chi connectivity index (χ1n) is 11.6. The predicted molar refractivity (Wildman–Crippen MR) is 127 cm³/mol. The van der Waals surface area contributed by atoms with E-state index in [-0.39, 0.29) is 25.6 Å². The summed E-state index contributed by atoms with van der Waals surface area (Å²) >= 11 is 0. The number of ether oxygens (including phenoxy) is 3. The Balaban J connectivity index is 1.40. The number of benzene rings is 2. The summed E-state index contributed by atoms with van der Waals surface area (Å²) < 4.78 is 16.0. The number of fused-ring (bicyclic) bond motifs is 3. The van der Waals surface area contributed by atoms with E-state index in [9.17, 15) is 19.5 Å². The molecule has 2 aromatic rings. The zero-order valence-corrected chi connectivity index (χ0v) is 19.6. The average Bonchev–Trinajstić information content (AvgIpc) is 3.16. The number of alkyl carbamates (subject to hydrolysis) is 1. The zero-order valence-electron chi connectivity index (χ0n) is 19.6. The second kappa shape index (κ2) is 10.9. The molecular weight excluding hydrogens is 452 g/mol. The SMILES string of the molecule is COC[C@H](NC(=O)OCC1c2ccccc2-c2ccccc21)C(=O)NC1(CC(=O)O)CCOCC1. The minimum absolute atomic E-state index is 0.0876. The Morgan fingerprint density at radius 3 is 2.23 bits per heavy atom. The van der Waals surface area contributed by atoms with Crippen molar-refractivity contribution in [2.45, 2.75) is 36.8 Å². The molecule has 1 aliphatic carbocycles. The van der Waals surface area contributed by atoms with E-state index in [1.165, 1.54) is 7.11 Å². The molecule has 0 bridgehead atoms. The Labute approximate surface area is 203 Å². The van der Waals surface area contributed by atoms with Crippen molar-refractivity contribution >= 4 is 18.0 Å². The van der Waals surface area contributed by atoms with E-state index in [1.807, 2.05) is 36.4 Å². The minimum atomic E-state index is -1.04. The first kappa shape index (κ1) is 24.7. The summed E-state index contributed by atoms with van der Waals surface area (Å²) in [5, 5.41) is 14.7. The monoisotopic (exact) mass is 482 g/mol. The number of hydrogen-bond donors (Lipinski definition) is 3. The number of carboxylic acid groups (broad SMARTS) is 1. The summed E-state index contributed by atoms with van der Waals surface area (Å²) in [4.78, 5) is 37.1. The lowest BCUT2D eigenvalue weighted by Gasteiger charge is -2.37. The molecule has 2 aromatic carbocycles. The summed E-state index contributed by atoms with van der Waals surface area (Å²) in [6, 6.07) is 15.0. The fraction of sp³-hybridized carbons (Fsp3) is 0.423. The highest BCUT2D eigenvalue weighted by molar-refractivity contribution is 5.87. The quantitative estimate of drug-likeness (QED) is 0.502. The van der Waals surface area contributed by atoms with Crippen LogP contribution in [0.5, 0.6) is 0 Å². The zero-order chi connectivity index (χ0) is 24.8. The first-order valence-corrected chi connectivity index (χ1v) is 11.6. The maximum Gasteiger partial charge on any atom is 0.407 e. The minimum Gasteiger partial charge on any atom is -0.481 e. The van der Waals surface area contributed by atoms with E-state index < -0.39 is 29.6 Å². The molecule has 1 aliphatic heterocycles. The number of amides is 2. The third kappa shape index (κ3) is 5.63. The Hall–Kier alpha value is -3.43. The Morgan fingerprint density at radius 1 is 1.06 bits per heavy atom. The molecular formula is C26H30N2O7. The molecule has 0 spiro atoms. The van der Waals surface area contributed by atoms with Crippen LogP contribution in [0.2, 0.25) is 0 Å². The molecule has 4 rings (SSSR count). The van der Waals surface area contributed by atoms with Crippen molar-refractivity contribution in [1.29, 1.82) is 0 Å². The summed E-state index contributed by atoms with van der Waals surface area (Å²) in [6.45, 7) is 0.724. The van der Waals surface area contributed by atoms with Gasteiger partial charge in [0.25, 0.3) is 0 Å². The van der Waals surface area contributed by atoms with Crippen molar-refractivity contribution in [3.63, 3.8) is 0 Å². The van der Waals surface area contributed by atoms with Crippen LogP contribution in [-0.4, -0.2) is 68.2 Å². The largest absolute Gasteiger partial charge is 0.481 e. The maximum atomic E-state index is 13.0. The van der Waals surface area contributed by atoms with Gasteiger partial charge in [0, 0.05) is 26.2 Å². The molecule has 3 N–H and O–H groups in total. The standard InChI is InChI=1S/C26H30N2O7/c1-33-16-22(24(31)28-26(14-23(29)30)10-12-34-13-11-26)27-25(32)35-15-21-19-8-4-2-6-17(19)18-7-3-5-9-20(18)21/h2-9,21-22H,10-16H2,1H3,(H,27,32)(H,28,31)(H,29,30)/t22-/m0/s1. The van der Waals surface area contributed by atoms with Gasteiger partial charge in [-0.25, -0.2) is 4.79 Å². The Bertz CT molecular complexity index is 1040. The number of aliphatic carboxylic acids is 1. The lowest BCUT2D eigenvalue weighted by atomic mass is 9.86. The molecule has 0 unspecified atom stereocenters. The van der Waals surface area contributed by atoms with Crippen LogP contribution >= 0.6 is 0 Å². The number of carbonyl (C=O) groups is 3. The van der Waals surface area contributed by atoms with E-state index in [0.717, 1.165) is 22.3 Å². The van der Waals surface area contributed by atoms with Gasteiger partial charge in [0.15, 0.2) is 0 Å². The van der Waals surface area contributed by atoms with Crippen LogP contribution < -0.4 is 10.6 Å². The molecule has 2 amide bonds. The Kier molecular flexibility index (Phi) is 7.67. The second-order valence-electron chi connectivity index (χ2n) is 8.93. The molecule has 1 atom stereocenters. The van der Waals surface area contributed by atoms with E-state index in [1.54, 1.807) is 0 Å². The average molecular weight is 483 g/mol. The number of carbonyl (C=O) groups excluding carboxylic acids is 2. The van der Waals surface area contributed by atoms with E-state index >= 15 is 0 Å². The van der Waals surface area contributed by atoms with Gasteiger partial charge in [0.05, 0.1) is 18.6 Å². The molecule has 2 aliphatic rings. The van der Waals surface area contributed by atoms with Gasteiger partial charge in [0.2, 0.25) is 5.91 Å². The van der Waals surface area contributed by atoms with Gasteiger partial charge in [-0.3, -0.25) is 9.59 Å². The molecule has 9 heteroatoms. The van der Waals surface area contributed by atoms with Crippen molar-refractivity contribution in [2.75, 3.05) is 33.5 Å². The van der Waals surface area contributed by atoms with Gasteiger partial charge in [-0.2, -0.15) is 0 Å². The molecule has 0 radical (unpaired) electrons. The van der Waals surface area contributed by atoms with Crippen LogP contribution in [0.15, 0.2) is 48.5 Å². The van der Waals surface area contributed by atoms with Crippen molar-refractivity contribution in [3.05, 3.63) is 59.7 Å². The van der Waals surface area contributed by atoms with Crippen LogP contribution in [0.1, 0.15) is 36.3 Å². The summed E-state index contributed by atoms with van der Waals surface area (Å²) in [5.41, 5.74) is 3.48. The maximum absolute atomic E-state index is 13.0. The van der Waals surface area contributed by atoms with Crippen molar-refractivity contribution in [3.8, 4) is 11.1 Å². The molecule has 9 nitrogen and oxygen atoms in total. The number of nitrogens with one attached hydrogen (secondary N) is 2. The predicted octanol–water partition coefficient (Wildman–Crippen LogP) is 2.68. The summed E-state index contributed by atoms with van der Waals surface area (Å²) in [7, 11) is 1.42. The highest BCUT2D eigenvalue weighted by Gasteiger charge is 2.38. The van der Waals surface area contributed by atoms with Crippen LogP contribution in [0.4, 0.5) is 4.79 Å². The third-order valence-corrected chi connectivity index (χ3v) is 6.61. The van der Waals surface area contributed by atoms with Gasteiger partial charge < -0.3 is 30.0 Å². The van der Waals surface area contributed by atoms with Crippen molar-refractivity contribution in [1.82, 2.24) is 10.6 Å². The number of hydrogen-bond acceptors (Lipinski definition) is 6. The molecule has 186 valence electrons. The Morgan fingerprint density at radius 2 is 1.66 bits per heavy atom. The van der Waals surface area contributed by atoms with Crippen LogP contribution in [-0.2, 0) is 23.8 Å². The third-order valence-electron chi connectivity index (χ3n) is 6.61. The van der Waals surface area contributed by atoms with Crippen molar-refractivity contribution in [2.24, 2.45) is 0 Å². The van der Waals surface area contributed by atoms with Crippen LogP contribution in [0.25, 0.3) is 11.1 Å². The number of carboxylic acids is 1. The van der Waals surface area contributed by atoms with Gasteiger partial charge in [-0.05, 0) is 35.1 Å². The van der Waals surface area contributed by atoms with Gasteiger partial charge in [0.1, 0.15) is 12.6 Å². The smallest absolute Gasteiger partial charge is 0.407 e. The fourth-order valence-corrected chi connectivity index (χ4v) is 4.88. The van der Waals surface area contributed by atoms with E-state index in [4.69, 9.17) is 14.2 Å². The fourth-order valence-electron chi connectivity index (χ4n) is 4.88. The van der Waals surface area contributed by atoms with Gasteiger partial charge in [-0.1, -0.05) is 48.5 Å². The topological polar surface area (TPSA) is 123 Å². The van der Waals surface area contributed by atoms with Gasteiger partial charge in [-0.15, -0.1) is 0 Å².